The lowest BCUT2D eigenvalue weighted by atomic mass is 9.95. The van der Waals surface area contributed by atoms with Gasteiger partial charge in [-0.3, -0.25) is 4.79 Å². The molecule has 1 aliphatic heterocycles. The van der Waals surface area contributed by atoms with Gasteiger partial charge < -0.3 is 23.5 Å². The molecule has 1 saturated carbocycles. The summed E-state index contributed by atoms with van der Waals surface area (Å²) >= 11 is 0. The van der Waals surface area contributed by atoms with Gasteiger partial charge in [-0.05, 0) is 61.8 Å². The van der Waals surface area contributed by atoms with Gasteiger partial charge in [0.25, 0.3) is 5.91 Å². The maximum absolute atomic E-state index is 13.5. The molecule has 2 fully saturated rings. The number of piperidine rings is 1. The fourth-order valence-corrected chi connectivity index (χ4v) is 5.97. The van der Waals surface area contributed by atoms with Crippen LogP contribution in [0.4, 0.5) is 0 Å². The summed E-state index contributed by atoms with van der Waals surface area (Å²) in [5, 5.41) is 1.14. The van der Waals surface area contributed by atoms with Crippen molar-refractivity contribution in [2.24, 2.45) is 18.9 Å². The van der Waals surface area contributed by atoms with Crippen LogP contribution in [0.25, 0.3) is 33.5 Å². The van der Waals surface area contributed by atoms with E-state index < -0.39 is 0 Å². The highest BCUT2D eigenvalue weighted by molar-refractivity contribution is 6.00. The third-order valence-electron chi connectivity index (χ3n) is 8.25. The van der Waals surface area contributed by atoms with E-state index in [1.807, 2.05) is 36.2 Å². The van der Waals surface area contributed by atoms with E-state index in [2.05, 4.69) is 28.2 Å². The Hall–Kier alpha value is -3.48. The van der Waals surface area contributed by atoms with Gasteiger partial charge in [-0.1, -0.05) is 25.5 Å². The van der Waals surface area contributed by atoms with Crippen LogP contribution in [0.3, 0.4) is 0 Å². The van der Waals surface area contributed by atoms with Crippen molar-refractivity contribution in [3.63, 3.8) is 0 Å². The first-order valence-electron chi connectivity index (χ1n) is 13.5. The molecular weight excluding hydrogens is 464 g/mol. The Kier molecular flexibility index (Phi) is 6.09. The first-order chi connectivity index (χ1) is 18.0. The molecular formula is C30H36N4O3. The van der Waals surface area contributed by atoms with Gasteiger partial charge in [0.2, 0.25) is 0 Å². The van der Waals surface area contributed by atoms with E-state index in [-0.39, 0.29) is 5.91 Å². The van der Waals surface area contributed by atoms with E-state index in [0.717, 1.165) is 71.7 Å². The molecule has 1 aliphatic carbocycles. The monoisotopic (exact) mass is 500 g/mol. The largest absolute Gasteiger partial charge is 0.495 e. The van der Waals surface area contributed by atoms with Crippen LogP contribution >= 0.6 is 0 Å². The molecule has 1 amide bonds. The van der Waals surface area contributed by atoms with E-state index in [1.165, 1.54) is 19.3 Å². The van der Waals surface area contributed by atoms with Crippen LogP contribution in [-0.4, -0.2) is 52.2 Å². The molecule has 0 unspecified atom stereocenters. The molecule has 0 spiro atoms. The van der Waals surface area contributed by atoms with Crippen molar-refractivity contribution in [2.45, 2.75) is 45.6 Å². The normalized spacial score (nSPS) is 18.1. The summed E-state index contributed by atoms with van der Waals surface area (Å²) in [6.07, 6.45) is 5.88. The molecule has 0 radical (unpaired) electrons. The molecule has 2 aromatic heterocycles. The van der Waals surface area contributed by atoms with Crippen LogP contribution in [0.1, 0.15) is 49.4 Å². The van der Waals surface area contributed by atoms with Crippen LogP contribution in [0.15, 0.2) is 36.4 Å². The Morgan fingerprint density at radius 3 is 2.57 bits per heavy atom. The summed E-state index contributed by atoms with van der Waals surface area (Å²) in [6.45, 7) is 4.79. The second-order valence-electron chi connectivity index (χ2n) is 10.7. The molecule has 0 bridgehead atoms. The fourth-order valence-electron chi connectivity index (χ4n) is 5.97. The third-order valence-corrected chi connectivity index (χ3v) is 8.25. The second kappa shape index (κ2) is 9.43. The molecule has 2 aromatic carbocycles. The number of benzene rings is 2. The molecule has 2 aliphatic rings. The zero-order chi connectivity index (χ0) is 25.7. The number of aromatic nitrogens is 3. The van der Waals surface area contributed by atoms with Gasteiger partial charge in [0.05, 0.1) is 30.9 Å². The molecule has 4 aromatic rings. The Morgan fingerprint density at radius 2 is 1.84 bits per heavy atom. The van der Waals surface area contributed by atoms with Crippen molar-refractivity contribution >= 4 is 27.8 Å². The topological polar surface area (TPSA) is 61.5 Å². The Bertz CT molecular complexity index is 1480. The van der Waals surface area contributed by atoms with Crippen LogP contribution < -0.4 is 9.47 Å². The van der Waals surface area contributed by atoms with E-state index in [1.54, 1.807) is 14.2 Å². The first kappa shape index (κ1) is 23.9. The first-order valence-corrected chi connectivity index (χ1v) is 13.5. The lowest BCUT2D eigenvalue weighted by Crippen LogP contribution is -2.39. The number of carbonyl (C=O) groups excluding carboxylic acids is 1. The molecule has 7 nitrogen and oxygen atoms in total. The standard InChI is InChI=1S/C30H36N4O3/c1-5-19-8-7-13-33(17-19)30(35)22-14-23-28(26(16-22)37-4)32(2)29(31-23)24-15-21-9-6-10-25(36-3)27(21)34(24)18-20-11-12-20/h6,9-10,14-16,19-20H,5,7-8,11-13,17-18H2,1-4H3/t19-/m1/s1. The van der Waals surface area contributed by atoms with Crippen molar-refractivity contribution in [3.8, 4) is 23.0 Å². The maximum atomic E-state index is 13.5. The van der Waals surface area contributed by atoms with Crippen LogP contribution in [0.2, 0.25) is 0 Å². The molecule has 7 heteroatoms. The van der Waals surface area contributed by atoms with Crippen molar-refractivity contribution in [2.75, 3.05) is 27.3 Å². The second-order valence-corrected chi connectivity index (χ2v) is 10.7. The highest BCUT2D eigenvalue weighted by Crippen LogP contribution is 2.40. The molecule has 37 heavy (non-hydrogen) atoms. The summed E-state index contributed by atoms with van der Waals surface area (Å²) in [6, 6.07) is 12.2. The van der Waals surface area contributed by atoms with E-state index >= 15 is 0 Å². The number of likely N-dealkylation sites (tertiary alicyclic amines) is 1. The van der Waals surface area contributed by atoms with Gasteiger partial charge >= 0.3 is 0 Å². The number of ether oxygens (including phenoxy) is 2. The van der Waals surface area contributed by atoms with Gasteiger partial charge in [0.15, 0.2) is 5.82 Å². The minimum Gasteiger partial charge on any atom is -0.495 e. The van der Waals surface area contributed by atoms with Gasteiger partial charge in [-0.25, -0.2) is 4.98 Å². The predicted octanol–water partition coefficient (Wildman–Crippen LogP) is 5.88. The zero-order valence-electron chi connectivity index (χ0n) is 22.3. The predicted molar refractivity (Wildman–Crippen MR) is 146 cm³/mol. The maximum Gasteiger partial charge on any atom is 0.254 e. The number of methoxy groups -OCH3 is 2. The van der Waals surface area contributed by atoms with Crippen LogP contribution in [0.5, 0.6) is 11.5 Å². The number of para-hydroxylation sites is 1. The molecule has 194 valence electrons. The Balaban J connectivity index is 1.47. The molecule has 1 atom stereocenters. The average Bonchev–Trinajstić information content (AvgIpc) is 3.60. The highest BCUT2D eigenvalue weighted by atomic mass is 16.5. The molecule has 3 heterocycles. The van der Waals surface area contributed by atoms with Gasteiger partial charge in [0.1, 0.15) is 17.0 Å². The number of hydrogen-bond acceptors (Lipinski definition) is 4. The number of rotatable bonds is 7. The third kappa shape index (κ3) is 4.14. The van der Waals surface area contributed by atoms with Gasteiger partial charge in [-0.15, -0.1) is 0 Å². The number of carbonyl (C=O) groups is 1. The fraction of sp³-hybridized carbons (Fsp3) is 0.467. The van der Waals surface area contributed by atoms with Crippen molar-refractivity contribution in [1.82, 2.24) is 19.0 Å². The highest BCUT2D eigenvalue weighted by Gasteiger charge is 2.28. The van der Waals surface area contributed by atoms with Gasteiger partial charge in [0, 0.05) is 37.6 Å². The number of amides is 1. The number of hydrogen-bond donors (Lipinski definition) is 0. The van der Waals surface area contributed by atoms with Crippen LogP contribution in [-0.2, 0) is 13.6 Å². The quantitative estimate of drug-likeness (QED) is 0.318. The lowest BCUT2D eigenvalue weighted by molar-refractivity contribution is 0.0671. The van der Waals surface area contributed by atoms with Crippen molar-refractivity contribution in [1.29, 1.82) is 0 Å². The van der Waals surface area contributed by atoms with Crippen molar-refractivity contribution in [3.05, 3.63) is 42.0 Å². The average molecular weight is 501 g/mol. The number of nitrogens with zero attached hydrogens (tertiary/aromatic N) is 4. The summed E-state index contributed by atoms with van der Waals surface area (Å²) < 4.78 is 16.0. The summed E-state index contributed by atoms with van der Waals surface area (Å²) in [4.78, 5) is 20.6. The Labute approximate surface area is 218 Å². The number of imidazole rings is 1. The van der Waals surface area contributed by atoms with E-state index in [0.29, 0.717) is 23.1 Å². The minimum atomic E-state index is 0.0677. The number of aryl methyl sites for hydroxylation is 1. The molecule has 1 saturated heterocycles. The summed E-state index contributed by atoms with van der Waals surface area (Å²) in [5.74, 6) is 3.74. The van der Waals surface area contributed by atoms with Crippen molar-refractivity contribution < 1.29 is 14.3 Å². The van der Waals surface area contributed by atoms with E-state index in [4.69, 9.17) is 14.5 Å². The SMILES string of the molecule is CC[C@@H]1CCCN(C(=O)c2cc(OC)c3c(c2)nc(-c2cc4cccc(OC)c4n2CC2CC2)n3C)C1. The smallest absolute Gasteiger partial charge is 0.254 e. The number of fused-ring (bicyclic) bond motifs is 2. The molecule has 0 N–H and O–H groups in total. The molecule has 6 rings (SSSR count). The van der Waals surface area contributed by atoms with Gasteiger partial charge in [-0.2, -0.15) is 0 Å². The van der Waals surface area contributed by atoms with E-state index in [9.17, 15) is 4.79 Å². The van der Waals surface area contributed by atoms with Crippen LogP contribution in [0, 0.1) is 11.8 Å². The zero-order valence-corrected chi connectivity index (χ0v) is 22.3. The summed E-state index contributed by atoms with van der Waals surface area (Å²) in [5.41, 5.74) is 4.49. The lowest BCUT2D eigenvalue weighted by Gasteiger charge is -2.32. The minimum absolute atomic E-state index is 0.0677. The Morgan fingerprint density at radius 1 is 1.03 bits per heavy atom. The summed E-state index contributed by atoms with van der Waals surface area (Å²) in [7, 11) is 5.42.